The average molecular weight is 230 g/mol. The second-order valence-electron chi connectivity index (χ2n) is 2.55. The molecule has 0 saturated carbocycles. The van der Waals surface area contributed by atoms with Gasteiger partial charge in [0.2, 0.25) is 0 Å². The summed E-state index contributed by atoms with van der Waals surface area (Å²) in [5.41, 5.74) is 0. The van der Waals surface area contributed by atoms with Gasteiger partial charge in [0, 0.05) is 0 Å². The van der Waals surface area contributed by atoms with E-state index in [-0.39, 0.29) is 0 Å². The number of hydrogen-bond donors (Lipinski definition) is 2. The summed E-state index contributed by atoms with van der Waals surface area (Å²) >= 11 is 0. The molecular formula is C4H2F8N2. The van der Waals surface area contributed by atoms with Crippen LogP contribution in [0.1, 0.15) is 0 Å². The topological polar surface area (TPSA) is 24.1 Å². The molecular weight excluding hydrogens is 228 g/mol. The maximum Gasteiger partial charge on any atom is 0.384 e. The molecule has 10 heteroatoms. The second kappa shape index (κ2) is 2.48. The molecule has 1 aliphatic heterocycles. The van der Waals surface area contributed by atoms with E-state index in [4.69, 9.17) is 0 Å². The molecule has 84 valence electrons. The van der Waals surface area contributed by atoms with Gasteiger partial charge in [0.05, 0.1) is 0 Å². The Morgan fingerprint density at radius 1 is 0.429 bits per heavy atom. The van der Waals surface area contributed by atoms with Gasteiger partial charge >= 0.3 is 24.2 Å². The summed E-state index contributed by atoms with van der Waals surface area (Å²) in [5.74, 6) is 0. The highest BCUT2D eigenvalue weighted by molar-refractivity contribution is 4.97. The largest absolute Gasteiger partial charge is 0.384 e. The SMILES string of the molecule is FC1(F)NC(F)(F)C(F)(F)NC1(F)F. The van der Waals surface area contributed by atoms with Gasteiger partial charge in [0.1, 0.15) is 0 Å². The first-order chi connectivity index (χ1) is 5.91. The van der Waals surface area contributed by atoms with Gasteiger partial charge in [0.15, 0.2) is 0 Å². The molecule has 2 N–H and O–H groups in total. The Morgan fingerprint density at radius 3 is 0.714 bits per heavy atom. The quantitative estimate of drug-likeness (QED) is 0.487. The van der Waals surface area contributed by atoms with Crippen molar-refractivity contribution in [3.05, 3.63) is 0 Å². The fourth-order valence-corrected chi connectivity index (χ4v) is 0.708. The van der Waals surface area contributed by atoms with Gasteiger partial charge in [0.25, 0.3) is 0 Å². The molecule has 0 aromatic heterocycles. The van der Waals surface area contributed by atoms with E-state index in [1.807, 2.05) is 0 Å². The first kappa shape index (κ1) is 11.4. The van der Waals surface area contributed by atoms with Gasteiger partial charge in [-0.3, -0.25) is 0 Å². The molecule has 0 radical (unpaired) electrons. The Labute approximate surface area is 71.3 Å². The molecule has 0 aliphatic carbocycles. The average Bonchev–Trinajstić information content (AvgIpc) is 1.78. The van der Waals surface area contributed by atoms with E-state index in [2.05, 4.69) is 0 Å². The van der Waals surface area contributed by atoms with Gasteiger partial charge in [-0.05, 0) is 0 Å². The summed E-state index contributed by atoms with van der Waals surface area (Å²) in [5, 5.41) is -0.833. The Balaban J connectivity index is 3.07. The van der Waals surface area contributed by atoms with Crippen LogP contribution in [0.15, 0.2) is 0 Å². The zero-order valence-corrected chi connectivity index (χ0v) is 6.02. The molecule has 1 fully saturated rings. The van der Waals surface area contributed by atoms with Crippen molar-refractivity contribution in [3.8, 4) is 0 Å². The highest BCUT2D eigenvalue weighted by Crippen LogP contribution is 2.44. The molecule has 0 spiro atoms. The number of piperazine rings is 1. The monoisotopic (exact) mass is 230 g/mol. The van der Waals surface area contributed by atoms with E-state index < -0.39 is 34.8 Å². The van der Waals surface area contributed by atoms with Gasteiger partial charge in [-0.2, -0.15) is 45.8 Å². The molecule has 2 nitrogen and oxygen atoms in total. The van der Waals surface area contributed by atoms with Crippen LogP contribution in [-0.4, -0.2) is 24.2 Å². The lowest BCUT2D eigenvalue weighted by molar-refractivity contribution is -0.386. The molecule has 1 heterocycles. The molecule has 14 heavy (non-hydrogen) atoms. The molecule has 1 rings (SSSR count). The smallest absolute Gasteiger partial charge is 0.184 e. The highest BCUT2D eigenvalue weighted by Gasteiger charge is 2.76. The van der Waals surface area contributed by atoms with E-state index in [1.54, 1.807) is 0 Å². The van der Waals surface area contributed by atoms with E-state index in [1.165, 1.54) is 0 Å². The highest BCUT2D eigenvalue weighted by atomic mass is 19.3. The van der Waals surface area contributed by atoms with Crippen LogP contribution in [0.25, 0.3) is 0 Å². The lowest BCUT2D eigenvalue weighted by atomic mass is 10.3. The van der Waals surface area contributed by atoms with Crippen LogP contribution in [0.5, 0.6) is 0 Å². The van der Waals surface area contributed by atoms with Gasteiger partial charge in [-0.1, -0.05) is 0 Å². The Hall–Kier alpha value is -0.640. The number of halogens is 8. The van der Waals surface area contributed by atoms with Crippen molar-refractivity contribution in [1.82, 2.24) is 10.6 Å². The Bertz CT molecular complexity index is 198. The zero-order chi connectivity index (χ0) is 11.4. The van der Waals surface area contributed by atoms with Gasteiger partial charge in [-0.15, -0.1) is 0 Å². The summed E-state index contributed by atoms with van der Waals surface area (Å²) in [6.07, 6.45) is 0. The van der Waals surface area contributed by atoms with Crippen LogP contribution < -0.4 is 10.6 Å². The predicted molar refractivity (Wildman–Crippen MR) is 26.1 cm³/mol. The van der Waals surface area contributed by atoms with Gasteiger partial charge < -0.3 is 0 Å². The third kappa shape index (κ3) is 1.41. The first-order valence-electron chi connectivity index (χ1n) is 3.01. The van der Waals surface area contributed by atoms with Crippen LogP contribution in [-0.2, 0) is 0 Å². The minimum Gasteiger partial charge on any atom is -0.184 e. The fraction of sp³-hybridized carbons (Fsp3) is 1.00. The van der Waals surface area contributed by atoms with E-state index in [0.29, 0.717) is 0 Å². The van der Waals surface area contributed by atoms with Crippen LogP contribution in [0.4, 0.5) is 35.1 Å². The molecule has 0 amide bonds. The summed E-state index contributed by atoms with van der Waals surface area (Å²) in [7, 11) is 0. The summed E-state index contributed by atoms with van der Waals surface area (Å²) < 4.78 is 96.7. The molecule has 1 saturated heterocycles. The second-order valence-corrected chi connectivity index (χ2v) is 2.55. The van der Waals surface area contributed by atoms with Crippen LogP contribution in [0, 0.1) is 0 Å². The van der Waals surface area contributed by atoms with Crippen LogP contribution in [0.2, 0.25) is 0 Å². The minimum atomic E-state index is -5.46. The third-order valence-electron chi connectivity index (χ3n) is 1.42. The summed E-state index contributed by atoms with van der Waals surface area (Å²) in [4.78, 5) is 0. The van der Waals surface area contributed by atoms with Crippen molar-refractivity contribution in [2.75, 3.05) is 0 Å². The summed E-state index contributed by atoms with van der Waals surface area (Å²) in [6, 6.07) is -21.8. The molecule has 0 aromatic carbocycles. The number of hydrogen-bond acceptors (Lipinski definition) is 2. The third-order valence-corrected chi connectivity index (χ3v) is 1.42. The first-order valence-corrected chi connectivity index (χ1v) is 3.01. The van der Waals surface area contributed by atoms with Gasteiger partial charge in [-0.25, -0.2) is 0 Å². The maximum absolute atomic E-state index is 12.1. The lowest BCUT2D eigenvalue weighted by Crippen LogP contribution is -2.79. The molecule has 0 unspecified atom stereocenters. The van der Waals surface area contributed by atoms with Crippen molar-refractivity contribution in [3.63, 3.8) is 0 Å². The molecule has 0 aromatic rings. The standard InChI is InChI=1S/C4H2F8N2/c5-1(6)2(7,8)14-4(11,12)3(9,10)13-1/h13-14H. The van der Waals surface area contributed by atoms with Crippen molar-refractivity contribution in [2.45, 2.75) is 24.2 Å². The van der Waals surface area contributed by atoms with E-state index in [9.17, 15) is 35.1 Å². The molecule has 0 atom stereocenters. The summed E-state index contributed by atoms with van der Waals surface area (Å²) in [6.45, 7) is 0. The van der Waals surface area contributed by atoms with Crippen molar-refractivity contribution in [1.29, 1.82) is 0 Å². The number of nitrogens with one attached hydrogen (secondary N) is 2. The van der Waals surface area contributed by atoms with E-state index >= 15 is 0 Å². The van der Waals surface area contributed by atoms with Crippen molar-refractivity contribution >= 4 is 0 Å². The zero-order valence-electron chi connectivity index (χ0n) is 6.02. The van der Waals surface area contributed by atoms with Crippen molar-refractivity contribution < 1.29 is 35.1 Å². The lowest BCUT2D eigenvalue weighted by Gasteiger charge is -2.41. The number of rotatable bonds is 0. The predicted octanol–water partition coefficient (Wildman–Crippen LogP) is 1.55. The fourth-order valence-electron chi connectivity index (χ4n) is 0.708. The Kier molecular flexibility index (Phi) is 2.03. The maximum atomic E-state index is 12.1. The normalized spacial score (nSPS) is 32.6. The van der Waals surface area contributed by atoms with E-state index in [0.717, 1.165) is 0 Å². The minimum absolute atomic E-state index is 0.417. The van der Waals surface area contributed by atoms with Crippen LogP contribution >= 0.6 is 0 Å². The number of alkyl halides is 8. The Morgan fingerprint density at radius 2 is 0.571 bits per heavy atom. The molecule has 0 bridgehead atoms. The van der Waals surface area contributed by atoms with Crippen molar-refractivity contribution in [2.24, 2.45) is 0 Å². The van der Waals surface area contributed by atoms with Crippen LogP contribution in [0.3, 0.4) is 0 Å². The molecule has 1 aliphatic rings.